The van der Waals surface area contributed by atoms with Gasteiger partial charge in [-0.05, 0) is 50.0 Å². The van der Waals surface area contributed by atoms with Gasteiger partial charge in [-0.1, -0.05) is 6.92 Å². The Morgan fingerprint density at radius 3 is 2.62 bits per heavy atom. The van der Waals surface area contributed by atoms with Gasteiger partial charge in [0.25, 0.3) is 0 Å². The van der Waals surface area contributed by atoms with E-state index < -0.39 is 0 Å². The summed E-state index contributed by atoms with van der Waals surface area (Å²) in [7, 11) is 0. The minimum atomic E-state index is -0.327. The first-order chi connectivity index (χ1) is 7.63. The highest BCUT2D eigenvalue weighted by molar-refractivity contribution is 7.98. The molecule has 3 N–H and O–H groups in total. The highest BCUT2D eigenvalue weighted by atomic mass is 32.2. The van der Waals surface area contributed by atoms with E-state index in [0.717, 1.165) is 30.9 Å². The molecule has 0 aliphatic heterocycles. The van der Waals surface area contributed by atoms with Crippen molar-refractivity contribution in [1.82, 2.24) is 5.32 Å². The summed E-state index contributed by atoms with van der Waals surface area (Å²) in [4.78, 5) is 11.8. The molecule has 1 amide bonds. The van der Waals surface area contributed by atoms with Gasteiger partial charge in [0, 0.05) is 6.04 Å². The van der Waals surface area contributed by atoms with E-state index in [2.05, 4.69) is 12.2 Å². The quantitative estimate of drug-likeness (QED) is 0.775. The fraction of sp³-hybridized carbons (Fsp3) is 0.917. The number of carbonyl (C=O) groups excluding carboxylic acids is 1. The number of carbonyl (C=O) groups is 1. The number of nitrogens with two attached hydrogens (primary N) is 1. The average molecular weight is 244 g/mol. The maximum Gasteiger partial charge on any atom is 0.237 e. The summed E-state index contributed by atoms with van der Waals surface area (Å²) in [6, 6.07) is 0.0378. The molecule has 0 bridgehead atoms. The summed E-state index contributed by atoms with van der Waals surface area (Å²) in [5, 5.41) is 3.07. The van der Waals surface area contributed by atoms with Gasteiger partial charge in [-0.2, -0.15) is 11.8 Å². The summed E-state index contributed by atoms with van der Waals surface area (Å²) in [5.74, 6) is 1.81. The van der Waals surface area contributed by atoms with Crippen LogP contribution in [0.1, 0.15) is 39.0 Å². The predicted molar refractivity (Wildman–Crippen MR) is 70.5 cm³/mol. The summed E-state index contributed by atoms with van der Waals surface area (Å²) in [5.41, 5.74) is 5.82. The van der Waals surface area contributed by atoms with Gasteiger partial charge in [-0.15, -0.1) is 0 Å². The third-order valence-corrected chi connectivity index (χ3v) is 3.98. The van der Waals surface area contributed by atoms with Crippen LogP contribution >= 0.6 is 11.8 Å². The number of hydrogen-bond donors (Lipinski definition) is 2. The first-order valence-electron chi connectivity index (χ1n) is 6.18. The molecule has 0 radical (unpaired) electrons. The molecule has 0 aromatic carbocycles. The summed E-state index contributed by atoms with van der Waals surface area (Å²) in [6.45, 7) is 2.28. The second-order valence-corrected chi connectivity index (χ2v) is 5.84. The zero-order chi connectivity index (χ0) is 12.0. The van der Waals surface area contributed by atoms with Gasteiger partial charge in [0.15, 0.2) is 0 Å². The van der Waals surface area contributed by atoms with Crippen LogP contribution in [-0.4, -0.2) is 30.0 Å². The molecular weight excluding hydrogens is 220 g/mol. The van der Waals surface area contributed by atoms with Crippen LogP contribution < -0.4 is 11.1 Å². The number of nitrogens with one attached hydrogen (secondary N) is 1. The van der Waals surface area contributed by atoms with Crippen molar-refractivity contribution in [3.05, 3.63) is 0 Å². The minimum absolute atomic E-state index is 0.0357. The molecule has 1 saturated carbocycles. The molecule has 4 heteroatoms. The maximum atomic E-state index is 11.8. The van der Waals surface area contributed by atoms with Crippen molar-refractivity contribution in [1.29, 1.82) is 0 Å². The maximum absolute atomic E-state index is 11.8. The summed E-state index contributed by atoms with van der Waals surface area (Å²) in [6.07, 6.45) is 7.49. The molecule has 94 valence electrons. The first kappa shape index (κ1) is 13.8. The van der Waals surface area contributed by atoms with Crippen molar-refractivity contribution < 1.29 is 4.79 Å². The highest BCUT2D eigenvalue weighted by Gasteiger charge is 2.21. The van der Waals surface area contributed by atoms with Crippen LogP contribution in [0.4, 0.5) is 0 Å². The number of hydrogen-bond acceptors (Lipinski definition) is 3. The molecule has 3 nitrogen and oxygen atoms in total. The molecule has 0 unspecified atom stereocenters. The molecular formula is C12H24N2OS. The molecule has 1 fully saturated rings. The third-order valence-electron chi connectivity index (χ3n) is 3.33. The molecule has 1 rings (SSSR count). The lowest BCUT2D eigenvalue weighted by Crippen LogP contribution is -2.46. The van der Waals surface area contributed by atoms with Crippen molar-refractivity contribution in [2.45, 2.75) is 51.1 Å². The van der Waals surface area contributed by atoms with Gasteiger partial charge in [-0.3, -0.25) is 4.79 Å². The standard InChI is InChI=1S/C12H24N2OS/c1-9-3-5-10(6-4-9)14-12(15)11(13)7-8-16-2/h9-11H,3-8,13H2,1-2H3,(H,14,15)/t9?,10?,11-/m0/s1. The zero-order valence-electron chi connectivity index (χ0n) is 10.4. The Balaban J connectivity index is 2.22. The summed E-state index contributed by atoms with van der Waals surface area (Å²) >= 11 is 1.73. The molecule has 0 saturated heterocycles. The van der Waals surface area contributed by atoms with Crippen LogP contribution in [0.15, 0.2) is 0 Å². The van der Waals surface area contributed by atoms with E-state index >= 15 is 0 Å². The SMILES string of the molecule is CSCC[C@H](N)C(=O)NC1CCC(C)CC1. The van der Waals surface area contributed by atoms with Crippen LogP contribution in [0.25, 0.3) is 0 Å². The second kappa shape index (κ2) is 7.17. The van der Waals surface area contributed by atoms with E-state index in [1.54, 1.807) is 11.8 Å². The lowest BCUT2D eigenvalue weighted by molar-refractivity contribution is -0.123. The Morgan fingerprint density at radius 2 is 2.06 bits per heavy atom. The van der Waals surface area contributed by atoms with E-state index in [0.29, 0.717) is 6.04 Å². The Bertz CT molecular complexity index is 215. The van der Waals surface area contributed by atoms with E-state index in [-0.39, 0.29) is 11.9 Å². The lowest BCUT2D eigenvalue weighted by Gasteiger charge is -2.27. The number of amides is 1. The van der Waals surface area contributed by atoms with Crippen molar-refractivity contribution in [3.63, 3.8) is 0 Å². The molecule has 0 heterocycles. The van der Waals surface area contributed by atoms with Gasteiger partial charge in [-0.25, -0.2) is 0 Å². The van der Waals surface area contributed by atoms with Gasteiger partial charge in [0.05, 0.1) is 6.04 Å². The van der Waals surface area contributed by atoms with Crippen molar-refractivity contribution in [2.24, 2.45) is 11.7 Å². The minimum Gasteiger partial charge on any atom is -0.352 e. The number of rotatable bonds is 5. The van der Waals surface area contributed by atoms with Crippen LogP contribution in [0.3, 0.4) is 0 Å². The van der Waals surface area contributed by atoms with Gasteiger partial charge >= 0.3 is 0 Å². The van der Waals surface area contributed by atoms with E-state index in [1.807, 2.05) is 6.26 Å². The van der Waals surface area contributed by atoms with E-state index in [4.69, 9.17) is 5.73 Å². The second-order valence-electron chi connectivity index (χ2n) is 4.85. The highest BCUT2D eigenvalue weighted by Crippen LogP contribution is 2.23. The van der Waals surface area contributed by atoms with Crippen LogP contribution in [0.5, 0.6) is 0 Å². The van der Waals surface area contributed by atoms with Crippen LogP contribution in [-0.2, 0) is 4.79 Å². The van der Waals surface area contributed by atoms with E-state index in [1.165, 1.54) is 12.8 Å². The molecule has 1 atom stereocenters. The van der Waals surface area contributed by atoms with Crippen molar-refractivity contribution in [3.8, 4) is 0 Å². The van der Waals surface area contributed by atoms with E-state index in [9.17, 15) is 4.79 Å². The fourth-order valence-electron chi connectivity index (χ4n) is 2.09. The fourth-order valence-corrected chi connectivity index (χ4v) is 2.58. The third kappa shape index (κ3) is 4.74. The Labute approximate surface area is 103 Å². The van der Waals surface area contributed by atoms with Crippen LogP contribution in [0, 0.1) is 5.92 Å². The molecule has 1 aliphatic rings. The Kier molecular flexibility index (Phi) is 6.21. The Hall–Kier alpha value is -0.220. The Morgan fingerprint density at radius 1 is 1.44 bits per heavy atom. The first-order valence-corrected chi connectivity index (χ1v) is 7.57. The normalized spacial score (nSPS) is 27.4. The average Bonchev–Trinajstić information content (AvgIpc) is 2.29. The summed E-state index contributed by atoms with van der Waals surface area (Å²) < 4.78 is 0. The lowest BCUT2D eigenvalue weighted by atomic mass is 9.87. The molecule has 1 aliphatic carbocycles. The zero-order valence-corrected chi connectivity index (χ0v) is 11.2. The molecule has 0 aromatic rings. The molecule has 0 aromatic heterocycles. The van der Waals surface area contributed by atoms with Gasteiger partial charge in [0.1, 0.15) is 0 Å². The molecule has 0 spiro atoms. The smallest absolute Gasteiger partial charge is 0.237 e. The van der Waals surface area contributed by atoms with Crippen molar-refractivity contribution >= 4 is 17.7 Å². The van der Waals surface area contributed by atoms with Gasteiger partial charge < -0.3 is 11.1 Å². The van der Waals surface area contributed by atoms with Crippen LogP contribution in [0.2, 0.25) is 0 Å². The monoisotopic (exact) mass is 244 g/mol. The predicted octanol–water partition coefficient (Wildman–Crippen LogP) is 1.76. The van der Waals surface area contributed by atoms with Gasteiger partial charge in [0.2, 0.25) is 5.91 Å². The van der Waals surface area contributed by atoms with Crippen molar-refractivity contribution in [2.75, 3.05) is 12.0 Å². The molecule has 16 heavy (non-hydrogen) atoms. The number of thioether (sulfide) groups is 1. The topological polar surface area (TPSA) is 55.1 Å². The largest absolute Gasteiger partial charge is 0.352 e.